The Balaban J connectivity index is 1.24. The number of fused-ring (bicyclic) bond motifs is 3. The number of rotatable bonds is 6. The summed E-state index contributed by atoms with van der Waals surface area (Å²) in [6, 6.07) is 16.5. The molecule has 176 valence electrons. The molecule has 2 aromatic carbocycles. The first kappa shape index (κ1) is 23.5. The van der Waals surface area contributed by atoms with Crippen molar-refractivity contribution >= 4 is 34.7 Å². The monoisotopic (exact) mass is 477 g/mol. The Kier molecular flexibility index (Phi) is 6.98. The molecule has 0 fully saturated rings. The first-order valence-corrected chi connectivity index (χ1v) is 11.8. The molecule has 0 unspecified atom stereocenters. The van der Waals surface area contributed by atoms with Gasteiger partial charge in [-0.2, -0.15) is 0 Å². The van der Waals surface area contributed by atoms with Gasteiger partial charge in [-0.05, 0) is 49.1 Å². The van der Waals surface area contributed by atoms with Gasteiger partial charge in [-0.1, -0.05) is 65.9 Å². The predicted octanol–water partition coefficient (Wildman–Crippen LogP) is 6.04. The molecular weight excluding hydrogens is 450 g/mol. The summed E-state index contributed by atoms with van der Waals surface area (Å²) in [7, 11) is 0. The molecule has 2 N–H and O–H groups in total. The fourth-order valence-electron chi connectivity index (χ4n) is 3.78. The maximum Gasteiger partial charge on any atom is 0.413 e. The SMILES string of the molecule is CC(C)(C)OC(=O)Nc1ncc(C=CCNC(=O)OCC2c3ccccc3-c3ccccc32)s1. The van der Waals surface area contributed by atoms with Crippen molar-refractivity contribution in [3.05, 3.63) is 76.8 Å². The molecule has 1 aliphatic carbocycles. The number of aromatic nitrogens is 1. The summed E-state index contributed by atoms with van der Waals surface area (Å²) in [6.07, 6.45) is 4.24. The molecule has 7 nitrogen and oxygen atoms in total. The summed E-state index contributed by atoms with van der Waals surface area (Å²) in [5.41, 5.74) is 4.17. The van der Waals surface area contributed by atoms with Crippen molar-refractivity contribution in [1.29, 1.82) is 0 Å². The van der Waals surface area contributed by atoms with E-state index in [-0.39, 0.29) is 12.5 Å². The van der Waals surface area contributed by atoms with Gasteiger partial charge in [-0.15, -0.1) is 0 Å². The van der Waals surface area contributed by atoms with Crippen molar-refractivity contribution in [2.45, 2.75) is 32.3 Å². The summed E-state index contributed by atoms with van der Waals surface area (Å²) >= 11 is 1.31. The minimum absolute atomic E-state index is 0.0294. The number of hydrogen-bond donors (Lipinski definition) is 2. The molecule has 0 atom stereocenters. The number of carbonyl (C=O) groups is 2. The van der Waals surface area contributed by atoms with Gasteiger partial charge in [0.25, 0.3) is 0 Å². The Morgan fingerprint density at radius 3 is 2.32 bits per heavy atom. The van der Waals surface area contributed by atoms with Crippen molar-refractivity contribution in [2.75, 3.05) is 18.5 Å². The van der Waals surface area contributed by atoms with Gasteiger partial charge < -0.3 is 14.8 Å². The molecule has 0 saturated carbocycles. The van der Waals surface area contributed by atoms with Gasteiger partial charge >= 0.3 is 12.2 Å². The zero-order valence-corrected chi connectivity index (χ0v) is 20.1. The minimum Gasteiger partial charge on any atom is -0.449 e. The van der Waals surface area contributed by atoms with Crippen LogP contribution in [0.15, 0.2) is 60.8 Å². The van der Waals surface area contributed by atoms with Crippen molar-refractivity contribution in [2.24, 2.45) is 0 Å². The number of nitrogens with zero attached hydrogens (tertiary/aromatic N) is 1. The Morgan fingerprint density at radius 1 is 1.03 bits per heavy atom. The van der Waals surface area contributed by atoms with Crippen LogP contribution < -0.4 is 10.6 Å². The molecule has 1 heterocycles. The van der Waals surface area contributed by atoms with E-state index in [1.165, 1.54) is 33.6 Å². The number of hydrogen-bond acceptors (Lipinski definition) is 6. The van der Waals surface area contributed by atoms with Gasteiger partial charge in [0.05, 0.1) is 0 Å². The molecule has 4 rings (SSSR count). The van der Waals surface area contributed by atoms with E-state index in [0.717, 1.165) is 4.88 Å². The molecule has 8 heteroatoms. The molecule has 3 aromatic rings. The van der Waals surface area contributed by atoms with Gasteiger partial charge in [-0.3, -0.25) is 5.32 Å². The van der Waals surface area contributed by atoms with Crippen molar-refractivity contribution < 1.29 is 19.1 Å². The number of ether oxygens (including phenoxy) is 2. The lowest BCUT2D eigenvalue weighted by atomic mass is 9.98. The summed E-state index contributed by atoms with van der Waals surface area (Å²) in [5, 5.41) is 5.79. The smallest absolute Gasteiger partial charge is 0.413 e. The third-order valence-corrected chi connectivity index (χ3v) is 6.00. The third kappa shape index (κ3) is 5.82. The van der Waals surface area contributed by atoms with E-state index in [1.54, 1.807) is 33.0 Å². The quantitative estimate of drug-likeness (QED) is 0.452. The van der Waals surface area contributed by atoms with E-state index in [0.29, 0.717) is 11.7 Å². The van der Waals surface area contributed by atoms with Crippen LogP contribution in [0.4, 0.5) is 14.7 Å². The number of amides is 2. The van der Waals surface area contributed by atoms with Crippen LogP contribution in [0.25, 0.3) is 17.2 Å². The summed E-state index contributed by atoms with van der Waals surface area (Å²) in [4.78, 5) is 29.0. The van der Waals surface area contributed by atoms with Gasteiger partial charge in [0, 0.05) is 23.5 Å². The summed E-state index contributed by atoms with van der Waals surface area (Å²) in [6.45, 7) is 5.98. The van der Waals surface area contributed by atoms with Crippen molar-refractivity contribution in [1.82, 2.24) is 10.3 Å². The number of carbonyl (C=O) groups excluding carboxylic acids is 2. The molecule has 0 spiro atoms. The van der Waals surface area contributed by atoms with Crippen molar-refractivity contribution in [3.8, 4) is 11.1 Å². The van der Waals surface area contributed by atoms with E-state index >= 15 is 0 Å². The highest BCUT2D eigenvalue weighted by atomic mass is 32.1. The number of benzene rings is 2. The van der Waals surface area contributed by atoms with Gasteiger partial charge in [0.1, 0.15) is 12.2 Å². The van der Waals surface area contributed by atoms with E-state index in [9.17, 15) is 9.59 Å². The van der Waals surface area contributed by atoms with Crippen LogP contribution in [0, 0.1) is 0 Å². The number of thiazole rings is 1. The van der Waals surface area contributed by atoms with Crippen LogP contribution in [-0.2, 0) is 9.47 Å². The molecule has 2 amide bonds. The fraction of sp³-hybridized carbons (Fsp3) is 0.269. The predicted molar refractivity (Wildman–Crippen MR) is 134 cm³/mol. The minimum atomic E-state index is -0.575. The second-order valence-electron chi connectivity index (χ2n) is 8.80. The van der Waals surface area contributed by atoms with Crippen molar-refractivity contribution in [3.63, 3.8) is 0 Å². The lowest BCUT2D eigenvalue weighted by Gasteiger charge is -2.18. The van der Waals surface area contributed by atoms with Crippen LogP contribution in [-0.4, -0.2) is 35.9 Å². The molecule has 34 heavy (non-hydrogen) atoms. The molecule has 0 bridgehead atoms. The van der Waals surface area contributed by atoms with E-state index in [1.807, 2.05) is 30.3 Å². The molecule has 1 aromatic heterocycles. The third-order valence-electron chi connectivity index (χ3n) is 5.12. The van der Waals surface area contributed by atoms with E-state index in [4.69, 9.17) is 9.47 Å². The highest BCUT2D eigenvalue weighted by Crippen LogP contribution is 2.44. The highest BCUT2D eigenvalue weighted by Gasteiger charge is 2.28. The lowest BCUT2D eigenvalue weighted by molar-refractivity contribution is 0.0636. The van der Waals surface area contributed by atoms with Crippen LogP contribution in [0.2, 0.25) is 0 Å². The molecular formula is C26H27N3O4S. The second-order valence-corrected chi connectivity index (χ2v) is 9.87. The van der Waals surface area contributed by atoms with Crippen LogP contribution >= 0.6 is 11.3 Å². The maximum atomic E-state index is 12.2. The van der Waals surface area contributed by atoms with E-state index in [2.05, 4.69) is 39.9 Å². The Morgan fingerprint density at radius 2 is 1.68 bits per heavy atom. The zero-order chi connectivity index (χ0) is 24.1. The average molecular weight is 478 g/mol. The largest absolute Gasteiger partial charge is 0.449 e. The second kappa shape index (κ2) is 10.1. The Hall–Kier alpha value is -3.65. The maximum absolute atomic E-state index is 12.2. The van der Waals surface area contributed by atoms with Gasteiger partial charge in [0.2, 0.25) is 0 Å². The molecule has 0 radical (unpaired) electrons. The number of nitrogens with one attached hydrogen (secondary N) is 2. The molecule has 1 aliphatic rings. The summed E-state index contributed by atoms with van der Waals surface area (Å²) < 4.78 is 10.7. The van der Waals surface area contributed by atoms with E-state index < -0.39 is 17.8 Å². The fourth-order valence-corrected chi connectivity index (χ4v) is 4.51. The van der Waals surface area contributed by atoms with Crippen LogP contribution in [0.5, 0.6) is 0 Å². The zero-order valence-electron chi connectivity index (χ0n) is 19.3. The van der Waals surface area contributed by atoms with Gasteiger partial charge in [0.15, 0.2) is 5.13 Å². The Labute approximate surface area is 202 Å². The topological polar surface area (TPSA) is 89.5 Å². The normalized spacial score (nSPS) is 12.8. The first-order chi connectivity index (χ1) is 16.3. The van der Waals surface area contributed by atoms with Crippen LogP contribution in [0.1, 0.15) is 42.7 Å². The number of anilines is 1. The lowest BCUT2D eigenvalue weighted by Crippen LogP contribution is -2.27. The summed E-state index contributed by atoms with van der Waals surface area (Å²) in [5.74, 6) is 0.0294. The van der Waals surface area contributed by atoms with Gasteiger partial charge in [-0.25, -0.2) is 14.6 Å². The van der Waals surface area contributed by atoms with Crippen LogP contribution in [0.3, 0.4) is 0 Å². The number of alkyl carbamates (subject to hydrolysis) is 1. The molecule has 0 aliphatic heterocycles. The Bertz CT molecular complexity index is 1170. The standard InChI is InChI=1S/C26H27N3O4S/c1-26(2,3)33-25(31)29-23-28-15-17(34-23)9-8-14-27-24(30)32-16-22-20-12-6-4-10-18(20)19-11-5-7-13-21(19)22/h4-13,15,22H,14,16H2,1-3H3,(H,27,30)(H,28,29,31). The highest BCUT2D eigenvalue weighted by molar-refractivity contribution is 7.16. The average Bonchev–Trinajstić information content (AvgIpc) is 3.36. The molecule has 0 saturated heterocycles. The first-order valence-electron chi connectivity index (χ1n) is 11.0.